The summed E-state index contributed by atoms with van der Waals surface area (Å²) in [6.07, 6.45) is 1.28. The summed E-state index contributed by atoms with van der Waals surface area (Å²) in [4.78, 5) is 47.6. The van der Waals surface area contributed by atoms with E-state index < -0.39 is 35.5 Å². The van der Waals surface area contributed by atoms with E-state index >= 15 is 0 Å². The zero-order chi connectivity index (χ0) is 31.8. The Bertz CT molecular complexity index is 1640. The minimum Gasteiger partial charge on any atom is -0.496 e. The number of carbonyl (C=O) groups excluding carboxylic acids is 3. The van der Waals surface area contributed by atoms with Crippen LogP contribution in [0.5, 0.6) is 17.2 Å². The number of hydrogen-bond donors (Lipinski definition) is 3. The predicted molar refractivity (Wildman–Crippen MR) is 155 cm³/mol. The van der Waals surface area contributed by atoms with Crippen LogP contribution in [-0.4, -0.2) is 56.5 Å². The van der Waals surface area contributed by atoms with Gasteiger partial charge in [-0.25, -0.2) is 15.0 Å². The third-order valence-electron chi connectivity index (χ3n) is 6.31. The highest BCUT2D eigenvalue weighted by Crippen LogP contribution is 2.35. The zero-order valence-electron chi connectivity index (χ0n) is 24.2. The lowest BCUT2D eigenvalue weighted by atomic mass is 9.95. The second kappa shape index (κ2) is 13.9. The van der Waals surface area contributed by atoms with E-state index in [2.05, 4.69) is 21.2 Å². The van der Waals surface area contributed by atoms with Gasteiger partial charge in [0.25, 0.3) is 11.6 Å². The van der Waals surface area contributed by atoms with E-state index in [9.17, 15) is 24.5 Å². The summed E-state index contributed by atoms with van der Waals surface area (Å²) in [7, 11) is 2.80. The van der Waals surface area contributed by atoms with Gasteiger partial charge in [-0.1, -0.05) is 6.07 Å². The highest BCUT2D eigenvalue weighted by molar-refractivity contribution is 5.95. The van der Waals surface area contributed by atoms with Gasteiger partial charge >= 0.3 is 12.0 Å². The number of urea groups is 1. The number of hydrazone groups is 1. The van der Waals surface area contributed by atoms with Gasteiger partial charge in [-0.3, -0.25) is 14.9 Å². The number of furan rings is 1. The minimum atomic E-state index is -0.799. The number of nitrogens with one attached hydrogen (secondary N) is 3. The molecule has 15 heteroatoms. The van der Waals surface area contributed by atoms with Crippen LogP contribution in [0, 0.1) is 10.1 Å². The van der Waals surface area contributed by atoms with Crippen LogP contribution < -0.4 is 30.3 Å². The van der Waals surface area contributed by atoms with Crippen molar-refractivity contribution < 1.29 is 42.7 Å². The molecule has 15 nitrogen and oxygen atoms in total. The molecule has 0 spiro atoms. The molecule has 3 aromatic rings. The number of non-ortho nitro benzene ring substituents is 1. The number of nitro groups is 1. The molecule has 0 saturated carbocycles. The van der Waals surface area contributed by atoms with E-state index in [1.54, 1.807) is 44.2 Å². The summed E-state index contributed by atoms with van der Waals surface area (Å²) >= 11 is 0. The molecule has 1 aliphatic rings. The van der Waals surface area contributed by atoms with Gasteiger partial charge < -0.3 is 34.0 Å². The maximum atomic E-state index is 12.6. The quantitative estimate of drug-likeness (QED) is 0.119. The zero-order valence-corrected chi connectivity index (χ0v) is 24.2. The first-order valence-electron chi connectivity index (χ1n) is 13.2. The Kier molecular flexibility index (Phi) is 9.80. The highest BCUT2D eigenvalue weighted by atomic mass is 16.6. The molecular weight excluding hydrogens is 578 g/mol. The summed E-state index contributed by atoms with van der Waals surface area (Å²) in [6, 6.07) is 10.9. The lowest BCUT2D eigenvalue weighted by molar-refractivity contribution is -0.384. The number of nitrogens with zero attached hydrogens (tertiary/aromatic N) is 2. The second-order valence-corrected chi connectivity index (χ2v) is 9.13. The lowest BCUT2D eigenvalue weighted by Crippen LogP contribution is -2.45. The summed E-state index contributed by atoms with van der Waals surface area (Å²) < 4.78 is 27.1. The third kappa shape index (κ3) is 7.13. The molecule has 3 N–H and O–H groups in total. The molecule has 0 radical (unpaired) electrons. The Morgan fingerprint density at radius 3 is 2.57 bits per heavy atom. The van der Waals surface area contributed by atoms with Gasteiger partial charge in [-0.2, -0.15) is 5.10 Å². The van der Waals surface area contributed by atoms with E-state index in [-0.39, 0.29) is 35.1 Å². The third-order valence-corrected chi connectivity index (χ3v) is 6.31. The Hall–Kier alpha value is -5.86. The van der Waals surface area contributed by atoms with Crippen LogP contribution in [0.25, 0.3) is 11.3 Å². The van der Waals surface area contributed by atoms with Crippen molar-refractivity contribution in [2.45, 2.75) is 19.9 Å². The van der Waals surface area contributed by atoms with E-state index in [0.717, 1.165) is 0 Å². The Morgan fingerprint density at radius 2 is 1.86 bits per heavy atom. The fraction of sp³-hybridized carbons (Fsp3) is 0.241. The summed E-state index contributed by atoms with van der Waals surface area (Å²) in [5, 5.41) is 20.2. The average molecular weight is 608 g/mol. The smallest absolute Gasteiger partial charge is 0.338 e. The molecule has 44 heavy (non-hydrogen) atoms. The number of esters is 1. The second-order valence-electron chi connectivity index (χ2n) is 9.13. The van der Waals surface area contributed by atoms with E-state index in [0.29, 0.717) is 28.3 Å². The molecule has 0 aliphatic carbocycles. The fourth-order valence-corrected chi connectivity index (χ4v) is 4.31. The topological polar surface area (TPSA) is 193 Å². The van der Waals surface area contributed by atoms with Crippen LogP contribution in [0.4, 0.5) is 10.5 Å². The first kappa shape index (κ1) is 31.1. The maximum Gasteiger partial charge on any atom is 0.338 e. The first-order valence-corrected chi connectivity index (χ1v) is 13.2. The van der Waals surface area contributed by atoms with E-state index in [1.165, 1.54) is 38.6 Å². The Balaban J connectivity index is 1.38. The first-order chi connectivity index (χ1) is 21.1. The van der Waals surface area contributed by atoms with Crippen molar-refractivity contribution >= 4 is 29.8 Å². The molecule has 0 unspecified atom stereocenters. The summed E-state index contributed by atoms with van der Waals surface area (Å²) in [6.45, 7) is 3.05. The molecule has 3 amide bonds. The van der Waals surface area contributed by atoms with Crippen molar-refractivity contribution in [1.82, 2.24) is 16.1 Å². The van der Waals surface area contributed by atoms with Crippen molar-refractivity contribution in [3.63, 3.8) is 0 Å². The number of ether oxygens (including phenoxy) is 4. The number of hydrogen-bond acceptors (Lipinski definition) is 11. The van der Waals surface area contributed by atoms with Gasteiger partial charge in [-0.05, 0) is 49.7 Å². The van der Waals surface area contributed by atoms with Crippen molar-refractivity contribution in [2.24, 2.45) is 5.10 Å². The van der Waals surface area contributed by atoms with E-state index in [4.69, 9.17) is 23.4 Å². The molecule has 0 bridgehead atoms. The number of benzene rings is 2. The molecule has 2 heterocycles. The number of nitro benzene ring substituents is 1. The van der Waals surface area contributed by atoms with Gasteiger partial charge in [-0.15, -0.1) is 0 Å². The van der Waals surface area contributed by atoms with Gasteiger partial charge in [0.2, 0.25) is 0 Å². The number of allylic oxidation sites excluding steroid dienone is 1. The Morgan fingerprint density at radius 1 is 1.09 bits per heavy atom. The predicted octanol–water partition coefficient (Wildman–Crippen LogP) is 3.59. The maximum absolute atomic E-state index is 12.6. The molecule has 230 valence electrons. The molecule has 2 aromatic carbocycles. The summed E-state index contributed by atoms with van der Waals surface area (Å²) in [5.41, 5.74) is 3.85. The molecule has 1 atom stereocenters. The van der Waals surface area contributed by atoms with Crippen molar-refractivity contribution in [3.8, 4) is 28.6 Å². The molecule has 0 fully saturated rings. The largest absolute Gasteiger partial charge is 0.496 e. The molecule has 1 aliphatic heterocycles. The van der Waals surface area contributed by atoms with Crippen LogP contribution in [0.3, 0.4) is 0 Å². The lowest BCUT2D eigenvalue weighted by Gasteiger charge is -2.28. The molecular formula is C29H29N5O10. The van der Waals surface area contributed by atoms with Crippen LogP contribution in [-0.2, 0) is 14.3 Å². The molecule has 0 saturated heterocycles. The van der Waals surface area contributed by atoms with Crippen molar-refractivity contribution in [3.05, 3.63) is 81.2 Å². The van der Waals surface area contributed by atoms with Gasteiger partial charge in [0.15, 0.2) is 18.1 Å². The SMILES string of the molecule is CCOC(=O)C1=C(C)NC(=O)N[C@@H]1c1ccc(OCC(=O)N/N=C\c2ccc(-c3ccc([N+](=O)[O-])cc3OC)o2)c(OC)c1. The van der Waals surface area contributed by atoms with Gasteiger partial charge in [0, 0.05) is 11.8 Å². The molecule has 1 aromatic heterocycles. The average Bonchev–Trinajstić information content (AvgIpc) is 3.47. The number of amides is 3. The fourth-order valence-electron chi connectivity index (χ4n) is 4.31. The van der Waals surface area contributed by atoms with Crippen LogP contribution in [0.1, 0.15) is 31.2 Å². The normalized spacial score (nSPS) is 14.5. The van der Waals surface area contributed by atoms with Crippen LogP contribution >= 0.6 is 0 Å². The standard InChI is InChI=1S/C29H29N5O10/c1-5-42-28(36)26-16(2)31-29(37)32-27(26)17-6-10-22(24(12-17)41-4)43-15-25(35)33-30-14-19-8-11-21(44-19)20-9-7-18(34(38)39)13-23(20)40-3/h6-14,27H,5,15H2,1-4H3,(H,33,35)(H2,31,32,37)/b30-14-/t27-/m1/s1. The summed E-state index contributed by atoms with van der Waals surface area (Å²) in [5.74, 6) is 0.292. The van der Waals surface area contributed by atoms with Crippen molar-refractivity contribution in [1.29, 1.82) is 0 Å². The number of rotatable bonds is 12. The van der Waals surface area contributed by atoms with Crippen LogP contribution in [0.2, 0.25) is 0 Å². The number of carbonyl (C=O) groups is 3. The monoisotopic (exact) mass is 607 g/mol. The molecule has 4 rings (SSSR count). The minimum absolute atomic E-state index is 0.122. The highest BCUT2D eigenvalue weighted by Gasteiger charge is 2.32. The number of methoxy groups -OCH3 is 2. The van der Waals surface area contributed by atoms with Crippen molar-refractivity contribution in [2.75, 3.05) is 27.4 Å². The van der Waals surface area contributed by atoms with Crippen LogP contribution in [0.15, 0.2) is 69.3 Å². The van der Waals surface area contributed by atoms with Gasteiger partial charge in [0.05, 0.1) is 55.2 Å². The van der Waals surface area contributed by atoms with Gasteiger partial charge in [0.1, 0.15) is 17.3 Å². The Labute approximate surface area is 250 Å². The van der Waals surface area contributed by atoms with E-state index in [1.807, 2.05) is 0 Å².